The highest BCUT2D eigenvalue weighted by Crippen LogP contribution is 2.34. The summed E-state index contributed by atoms with van der Waals surface area (Å²) < 4.78 is 48.0. The quantitative estimate of drug-likeness (QED) is 0.845. The fourth-order valence-electron chi connectivity index (χ4n) is 1.61. The van der Waals surface area contributed by atoms with Crippen LogP contribution in [0, 0.1) is 6.92 Å². The molecule has 0 aliphatic rings. The smallest absolute Gasteiger partial charge is 0.226 e. The third kappa shape index (κ3) is 3.33. The maximum absolute atomic E-state index is 12.5. The van der Waals surface area contributed by atoms with Gasteiger partial charge in [-0.2, -0.15) is 0 Å². The topological polar surface area (TPSA) is 101 Å². The summed E-state index contributed by atoms with van der Waals surface area (Å²) in [7, 11) is -7.85. The van der Waals surface area contributed by atoms with E-state index < -0.39 is 41.4 Å². The lowest BCUT2D eigenvalue weighted by atomic mass is 10.2. The molecule has 0 unspecified atom stereocenters. The molecule has 10 heteroatoms. The Kier molecular flexibility index (Phi) is 4.93. The minimum atomic E-state index is -4.00. The third-order valence-corrected chi connectivity index (χ3v) is 8.09. The number of rotatable bonds is 5. The van der Waals surface area contributed by atoms with Gasteiger partial charge in [-0.25, -0.2) is 21.8 Å². The molecular weight excluding hydrogens is 370 g/mol. The lowest BCUT2D eigenvalue weighted by molar-refractivity contribution is 0.319. The Morgan fingerprint density at radius 2 is 1.77 bits per heavy atom. The van der Waals surface area contributed by atoms with Crippen molar-refractivity contribution in [3.8, 4) is 0 Å². The van der Waals surface area contributed by atoms with E-state index >= 15 is 0 Å². The zero-order chi connectivity index (χ0) is 16.5. The summed E-state index contributed by atoms with van der Waals surface area (Å²) in [5.41, 5.74) is 0.884. The molecule has 1 N–H and O–H groups in total. The molecule has 0 saturated heterocycles. The first-order valence-electron chi connectivity index (χ1n) is 6.00. The van der Waals surface area contributed by atoms with Gasteiger partial charge in [0.05, 0.1) is 17.3 Å². The van der Waals surface area contributed by atoms with Gasteiger partial charge in [-0.05, 0) is 19.1 Å². The van der Waals surface area contributed by atoms with Gasteiger partial charge in [0.25, 0.3) is 0 Å². The summed E-state index contributed by atoms with van der Waals surface area (Å²) in [5.74, 6) is -0.541. The van der Waals surface area contributed by atoms with E-state index in [9.17, 15) is 16.8 Å². The number of aliphatic hydroxyl groups excluding tert-OH is 1. The molecule has 0 fully saturated rings. The maximum atomic E-state index is 12.5. The van der Waals surface area contributed by atoms with E-state index in [-0.39, 0.29) is 9.23 Å². The number of aliphatic hydroxyl groups is 1. The first kappa shape index (κ1) is 17.4. The molecule has 0 spiro atoms. The van der Waals surface area contributed by atoms with Crippen LogP contribution >= 0.6 is 22.9 Å². The van der Waals surface area contributed by atoms with Crippen molar-refractivity contribution in [1.82, 2.24) is 4.98 Å². The van der Waals surface area contributed by atoms with E-state index in [1.165, 1.54) is 12.1 Å². The van der Waals surface area contributed by atoms with Crippen LogP contribution in [0.4, 0.5) is 0 Å². The van der Waals surface area contributed by atoms with Gasteiger partial charge in [-0.3, -0.25) is 0 Å². The van der Waals surface area contributed by atoms with Gasteiger partial charge in [0.1, 0.15) is 4.34 Å². The van der Waals surface area contributed by atoms with E-state index in [1.807, 2.05) is 6.92 Å². The predicted molar refractivity (Wildman–Crippen MR) is 82.9 cm³/mol. The molecule has 2 aromatic rings. The highest BCUT2D eigenvalue weighted by Gasteiger charge is 2.29. The minimum Gasteiger partial charge on any atom is -0.395 e. The van der Waals surface area contributed by atoms with Crippen LogP contribution < -0.4 is 0 Å². The highest BCUT2D eigenvalue weighted by molar-refractivity contribution is 7.94. The Bertz CT molecular complexity index is 885. The van der Waals surface area contributed by atoms with Crippen molar-refractivity contribution in [3.63, 3.8) is 0 Å². The van der Waals surface area contributed by atoms with Crippen LogP contribution in [0.3, 0.4) is 0 Å². The first-order chi connectivity index (χ1) is 10.2. The summed E-state index contributed by atoms with van der Waals surface area (Å²) in [6.07, 6.45) is 0. The van der Waals surface area contributed by atoms with Crippen LogP contribution in [0.5, 0.6) is 0 Å². The van der Waals surface area contributed by atoms with Crippen molar-refractivity contribution in [2.24, 2.45) is 0 Å². The number of thiazole rings is 1. The molecule has 0 aliphatic carbocycles. The molecule has 1 aromatic carbocycles. The normalized spacial score (nSPS) is 12.5. The molecule has 0 atom stereocenters. The second kappa shape index (κ2) is 6.25. The summed E-state index contributed by atoms with van der Waals surface area (Å²) in [4.78, 5) is 3.65. The van der Waals surface area contributed by atoms with Gasteiger partial charge in [0, 0.05) is 0 Å². The molecule has 0 aliphatic heterocycles. The number of nitrogens with zero attached hydrogens (tertiary/aromatic N) is 1. The summed E-state index contributed by atoms with van der Waals surface area (Å²) in [5, 5.41) is 8.26. The molecule has 0 radical (unpaired) electrons. The Balaban J connectivity index is 2.54. The van der Waals surface area contributed by atoms with E-state index in [0.717, 1.165) is 5.56 Å². The Hall–Kier alpha value is -1.00. The number of hydrogen-bond donors (Lipinski definition) is 1. The molecule has 2 rings (SSSR count). The van der Waals surface area contributed by atoms with Crippen LogP contribution in [0.15, 0.2) is 38.5 Å². The predicted octanol–water partition coefficient (Wildman–Crippen LogP) is 1.70. The van der Waals surface area contributed by atoms with E-state index in [2.05, 4.69) is 4.98 Å². The number of aromatic nitrogens is 1. The van der Waals surface area contributed by atoms with E-state index in [0.29, 0.717) is 11.3 Å². The third-order valence-electron chi connectivity index (χ3n) is 2.75. The molecule has 0 amide bonds. The number of sulfone groups is 2. The molecule has 1 aromatic heterocycles. The van der Waals surface area contributed by atoms with Crippen molar-refractivity contribution in [2.75, 3.05) is 12.4 Å². The van der Waals surface area contributed by atoms with Gasteiger partial charge in [-0.1, -0.05) is 40.6 Å². The van der Waals surface area contributed by atoms with Crippen LogP contribution in [0.1, 0.15) is 5.56 Å². The maximum Gasteiger partial charge on any atom is 0.226 e. The lowest BCUT2D eigenvalue weighted by Crippen LogP contribution is -2.10. The Morgan fingerprint density at radius 1 is 1.18 bits per heavy atom. The van der Waals surface area contributed by atoms with Crippen molar-refractivity contribution >= 4 is 42.6 Å². The average Bonchev–Trinajstić information content (AvgIpc) is 2.83. The largest absolute Gasteiger partial charge is 0.395 e. The number of hydrogen-bond acceptors (Lipinski definition) is 7. The molecule has 1 heterocycles. The molecular formula is C12H12ClNO5S3. The molecule has 0 saturated carbocycles. The lowest BCUT2D eigenvalue weighted by Gasteiger charge is -2.02. The zero-order valence-corrected chi connectivity index (χ0v) is 14.6. The van der Waals surface area contributed by atoms with Crippen molar-refractivity contribution in [3.05, 3.63) is 34.2 Å². The fourth-order valence-corrected chi connectivity index (χ4v) is 6.10. The van der Waals surface area contributed by atoms with Crippen LogP contribution in [-0.2, 0) is 19.7 Å². The molecule has 120 valence electrons. The van der Waals surface area contributed by atoms with Gasteiger partial charge in [-0.15, -0.1) is 0 Å². The summed E-state index contributed by atoms with van der Waals surface area (Å²) >= 11 is 6.43. The monoisotopic (exact) mass is 381 g/mol. The standard InChI is InChI=1S/C12H12ClNO5S3/c1-8-2-4-9(5-3-8)22(18,19)11-10(13)20-12(14-11)21(16,17)7-6-15/h2-5,15H,6-7H2,1H3. The van der Waals surface area contributed by atoms with Crippen molar-refractivity contribution in [1.29, 1.82) is 0 Å². The first-order valence-corrected chi connectivity index (χ1v) is 10.3. The van der Waals surface area contributed by atoms with Gasteiger partial charge in [0.15, 0.2) is 5.03 Å². The van der Waals surface area contributed by atoms with Crippen LogP contribution in [-0.4, -0.2) is 39.3 Å². The van der Waals surface area contributed by atoms with Crippen molar-refractivity contribution < 1.29 is 21.9 Å². The van der Waals surface area contributed by atoms with Crippen LogP contribution in [0.25, 0.3) is 0 Å². The highest BCUT2D eigenvalue weighted by atomic mass is 35.5. The second-order valence-electron chi connectivity index (χ2n) is 4.42. The summed E-state index contributed by atoms with van der Waals surface area (Å²) in [6.45, 7) is 1.23. The van der Waals surface area contributed by atoms with Gasteiger partial charge >= 0.3 is 0 Å². The number of aryl methyl sites for hydroxylation is 1. The molecule has 22 heavy (non-hydrogen) atoms. The second-order valence-corrected chi connectivity index (χ2v) is 10.2. The Labute approximate surface area is 137 Å². The zero-order valence-electron chi connectivity index (χ0n) is 11.4. The van der Waals surface area contributed by atoms with E-state index in [1.54, 1.807) is 12.1 Å². The van der Waals surface area contributed by atoms with E-state index in [4.69, 9.17) is 16.7 Å². The average molecular weight is 382 g/mol. The van der Waals surface area contributed by atoms with Crippen LogP contribution in [0.2, 0.25) is 4.34 Å². The van der Waals surface area contributed by atoms with Gasteiger partial charge < -0.3 is 5.11 Å². The summed E-state index contributed by atoms with van der Waals surface area (Å²) in [6, 6.07) is 6.05. The van der Waals surface area contributed by atoms with Crippen molar-refractivity contribution in [2.45, 2.75) is 21.2 Å². The van der Waals surface area contributed by atoms with Gasteiger partial charge in [0.2, 0.25) is 24.0 Å². The number of halogens is 1. The SMILES string of the molecule is Cc1ccc(S(=O)(=O)c2nc(S(=O)(=O)CCO)sc2Cl)cc1. The minimum absolute atomic E-state index is 0.0172. The molecule has 0 bridgehead atoms. The fraction of sp³-hybridized carbons (Fsp3) is 0.250. The number of benzene rings is 1. The molecule has 6 nitrogen and oxygen atoms in total. The Morgan fingerprint density at radius 3 is 2.32 bits per heavy atom.